The number of esters is 2. The second-order valence-electron chi connectivity index (χ2n) is 9.37. The van der Waals surface area contributed by atoms with Gasteiger partial charge in [-0.15, -0.1) is 0 Å². The van der Waals surface area contributed by atoms with Crippen LogP contribution in [0.15, 0.2) is 12.2 Å². The van der Waals surface area contributed by atoms with Crippen molar-refractivity contribution in [2.45, 2.75) is 136 Å². The highest BCUT2D eigenvalue weighted by Crippen LogP contribution is 2.35. The summed E-state index contributed by atoms with van der Waals surface area (Å²) >= 11 is 0. The Morgan fingerprint density at radius 3 is 1.75 bits per heavy atom. The van der Waals surface area contributed by atoms with Crippen LogP contribution in [0.3, 0.4) is 0 Å². The Bertz CT molecular complexity index is 617. The van der Waals surface area contributed by atoms with E-state index in [1.165, 1.54) is 25.7 Å². The number of unbranched alkanes of at least 4 members (excludes halogenated alkanes) is 13. The number of ether oxygens (including phenoxy) is 2. The first-order chi connectivity index (χ1) is 17.3. The molecular formula is C27H51O8P. The molecule has 0 unspecified atom stereocenters. The topological polar surface area (TPSA) is 119 Å². The van der Waals surface area contributed by atoms with E-state index in [2.05, 4.69) is 30.5 Å². The molecule has 0 radical (unpaired) electrons. The highest BCUT2D eigenvalue weighted by molar-refractivity contribution is 7.46. The number of carbonyl (C=O) groups is 2. The number of phosphoric ester groups is 1. The van der Waals surface area contributed by atoms with Crippen LogP contribution < -0.4 is 0 Å². The minimum absolute atomic E-state index is 0.204. The number of hydrogen-bond acceptors (Lipinski definition) is 6. The van der Waals surface area contributed by atoms with Gasteiger partial charge in [-0.2, -0.15) is 0 Å². The van der Waals surface area contributed by atoms with E-state index in [0.717, 1.165) is 70.6 Å². The zero-order valence-corrected chi connectivity index (χ0v) is 23.6. The van der Waals surface area contributed by atoms with E-state index >= 15 is 0 Å². The molecule has 0 aliphatic carbocycles. The van der Waals surface area contributed by atoms with E-state index in [1.807, 2.05) is 0 Å². The lowest BCUT2D eigenvalue weighted by atomic mass is 10.1. The smallest absolute Gasteiger partial charge is 0.462 e. The molecule has 0 aliphatic heterocycles. The van der Waals surface area contributed by atoms with Crippen LogP contribution in [0.1, 0.15) is 129 Å². The number of carbonyl (C=O) groups excluding carboxylic acids is 2. The van der Waals surface area contributed by atoms with E-state index in [9.17, 15) is 14.2 Å². The summed E-state index contributed by atoms with van der Waals surface area (Å²) in [6, 6.07) is 0. The van der Waals surface area contributed by atoms with Crippen molar-refractivity contribution in [1.29, 1.82) is 0 Å². The van der Waals surface area contributed by atoms with E-state index in [4.69, 9.17) is 19.3 Å². The van der Waals surface area contributed by atoms with Gasteiger partial charge in [0, 0.05) is 12.8 Å². The number of allylic oxidation sites excluding steroid dienone is 2. The molecule has 2 N–H and O–H groups in total. The molecule has 36 heavy (non-hydrogen) atoms. The van der Waals surface area contributed by atoms with Crippen LogP contribution in [0.25, 0.3) is 0 Å². The van der Waals surface area contributed by atoms with Gasteiger partial charge in [-0.25, -0.2) is 4.57 Å². The highest BCUT2D eigenvalue weighted by atomic mass is 31.2. The monoisotopic (exact) mass is 534 g/mol. The Morgan fingerprint density at radius 2 is 1.17 bits per heavy atom. The zero-order valence-electron chi connectivity index (χ0n) is 22.7. The fraction of sp³-hybridized carbons (Fsp3) is 0.852. The summed E-state index contributed by atoms with van der Waals surface area (Å²) < 4.78 is 25.9. The van der Waals surface area contributed by atoms with E-state index in [1.54, 1.807) is 0 Å². The first-order valence-corrected chi connectivity index (χ1v) is 15.5. The molecule has 0 spiro atoms. The molecule has 0 fully saturated rings. The van der Waals surface area contributed by atoms with Gasteiger partial charge in [-0.3, -0.25) is 14.1 Å². The Morgan fingerprint density at radius 1 is 0.694 bits per heavy atom. The molecule has 0 aromatic rings. The van der Waals surface area contributed by atoms with Gasteiger partial charge in [0.1, 0.15) is 6.61 Å². The molecule has 0 saturated carbocycles. The Balaban J connectivity index is 4.09. The molecule has 0 amide bonds. The summed E-state index contributed by atoms with van der Waals surface area (Å²) in [6.07, 6.45) is 21.1. The Hall–Kier alpha value is -1.21. The van der Waals surface area contributed by atoms with Crippen molar-refractivity contribution >= 4 is 19.8 Å². The van der Waals surface area contributed by atoms with Crippen molar-refractivity contribution in [2.24, 2.45) is 0 Å². The van der Waals surface area contributed by atoms with Crippen LogP contribution in [0.4, 0.5) is 0 Å². The average Bonchev–Trinajstić information content (AvgIpc) is 2.83. The van der Waals surface area contributed by atoms with E-state index in [-0.39, 0.29) is 19.4 Å². The number of hydrogen-bond donors (Lipinski definition) is 2. The second-order valence-corrected chi connectivity index (χ2v) is 10.6. The summed E-state index contributed by atoms with van der Waals surface area (Å²) in [6.45, 7) is 3.53. The van der Waals surface area contributed by atoms with Crippen molar-refractivity contribution in [3.8, 4) is 0 Å². The third-order valence-electron chi connectivity index (χ3n) is 5.78. The lowest BCUT2D eigenvalue weighted by Crippen LogP contribution is -2.29. The Labute approximate surface area is 218 Å². The predicted octanol–water partition coefficient (Wildman–Crippen LogP) is 7.17. The third kappa shape index (κ3) is 25.9. The first-order valence-electron chi connectivity index (χ1n) is 14.0. The minimum Gasteiger partial charge on any atom is -0.462 e. The van der Waals surface area contributed by atoms with Crippen LogP contribution in [-0.2, 0) is 28.2 Å². The van der Waals surface area contributed by atoms with Gasteiger partial charge < -0.3 is 19.3 Å². The second kappa shape index (κ2) is 24.1. The van der Waals surface area contributed by atoms with Crippen molar-refractivity contribution < 1.29 is 37.9 Å². The maximum atomic E-state index is 12.2. The summed E-state index contributed by atoms with van der Waals surface area (Å²) in [5.74, 6) is -0.908. The van der Waals surface area contributed by atoms with Crippen molar-refractivity contribution in [3.63, 3.8) is 0 Å². The van der Waals surface area contributed by atoms with Crippen LogP contribution in [-0.4, -0.2) is 41.0 Å². The normalized spacial score (nSPS) is 12.7. The molecule has 9 heteroatoms. The van der Waals surface area contributed by atoms with E-state index in [0.29, 0.717) is 6.42 Å². The van der Waals surface area contributed by atoms with Gasteiger partial charge in [0.2, 0.25) is 0 Å². The molecule has 0 bridgehead atoms. The summed E-state index contributed by atoms with van der Waals surface area (Å²) in [5, 5.41) is 0. The van der Waals surface area contributed by atoms with Gasteiger partial charge in [-0.1, -0.05) is 90.2 Å². The van der Waals surface area contributed by atoms with Crippen LogP contribution in [0.2, 0.25) is 0 Å². The van der Waals surface area contributed by atoms with E-state index < -0.39 is 32.5 Å². The fourth-order valence-electron chi connectivity index (χ4n) is 3.66. The molecule has 0 rings (SSSR count). The maximum Gasteiger partial charge on any atom is 0.469 e. The molecule has 8 nitrogen and oxygen atoms in total. The average molecular weight is 535 g/mol. The van der Waals surface area contributed by atoms with Crippen molar-refractivity contribution in [3.05, 3.63) is 12.2 Å². The summed E-state index contributed by atoms with van der Waals surface area (Å²) in [4.78, 5) is 42.0. The first kappa shape index (κ1) is 34.8. The van der Waals surface area contributed by atoms with Gasteiger partial charge in [-0.05, 0) is 38.5 Å². The van der Waals surface area contributed by atoms with Gasteiger partial charge in [0.25, 0.3) is 0 Å². The minimum atomic E-state index is -4.73. The summed E-state index contributed by atoms with van der Waals surface area (Å²) in [5.41, 5.74) is 0. The molecule has 212 valence electrons. The van der Waals surface area contributed by atoms with Crippen LogP contribution in [0.5, 0.6) is 0 Å². The molecule has 1 atom stereocenters. The quantitative estimate of drug-likeness (QED) is 0.0547. The molecule has 0 aromatic heterocycles. The lowest BCUT2D eigenvalue weighted by molar-refractivity contribution is -0.161. The van der Waals surface area contributed by atoms with Crippen molar-refractivity contribution in [2.75, 3.05) is 13.2 Å². The number of rotatable bonds is 25. The zero-order chi connectivity index (χ0) is 26.9. The van der Waals surface area contributed by atoms with Gasteiger partial charge in [0.05, 0.1) is 6.61 Å². The molecule has 0 heterocycles. The molecule has 0 aliphatic rings. The molecular weight excluding hydrogens is 483 g/mol. The van der Waals surface area contributed by atoms with Gasteiger partial charge >= 0.3 is 19.8 Å². The largest absolute Gasteiger partial charge is 0.469 e. The van der Waals surface area contributed by atoms with Gasteiger partial charge in [0.15, 0.2) is 6.10 Å². The molecule has 0 aromatic carbocycles. The van der Waals surface area contributed by atoms with Crippen LogP contribution in [0, 0.1) is 0 Å². The third-order valence-corrected chi connectivity index (χ3v) is 6.27. The lowest BCUT2D eigenvalue weighted by Gasteiger charge is -2.18. The summed E-state index contributed by atoms with van der Waals surface area (Å²) in [7, 11) is -4.73. The Kier molecular flexibility index (Phi) is 23.3. The number of phosphoric acid groups is 1. The maximum absolute atomic E-state index is 12.2. The predicted molar refractivity (Wildman–Crippen MR) is 142 cm³/mol. The van der Waals surface area contributed by atoms with Crippen LogP contribution >= 0.6 is 7.82 Å². The van der Waals surface area contributed by atoms with Crippen molar-refractivity contribution in [1.82, 2.24) is 0 Å². The molecule has 0 saturated heterocycles. The standard InChI is InChI=1S/C27H51O8P/c1-3-5-7-9-11-12-13-14-15-16-18-20-22-27(29)35-25(24-34-36(30,31)32)23-33-26(28)21-19-17-10-8-6-4-2/h11-12,25H,3-10,13-24H2,1-2H3,(H2,30,31,32)/b12-11+/t25-/m1/s1. The SMILES string of the molecule is CCCCC/C=C/CCCCCCCC(=O)O[C@H](COC(=O)CCCCCCCC)COP(=O)(O)O. The fourth-order valence-corrected chi connectivity index (χ4v) is 4.02. The highest BCUT2D eigenvalue weighted by Gasteiger charge is 2.22.